The summed E-state index contributed by atoms with van der Waals surface area (Å²) in [5, 5.41) is 3.58. The van der Waals surface area contributed by atoms with E-state index in [9.17, 15) is 22.4 Å². The molecule has 2 aromatic rings. The van der Waals surface area contributed by atoms with Gasteiger partial charge >= 0.3 is 10.2 Å². The molecule has 1 atom stereocenters. The number of nitrogens with zero attached hydrogens (tertiary/aromatic N) is 3. The monoisotopic (exact) mass is 552 g/mol. The molecular weight excluding hydrogens is 519 g/mol. The Kier molecular flexibility index (Phi) is 9.92. The van der Waals surface area contributed by atoms with Crippen molar-refractivity contribution in [3.05, 3.63) is 64.9 Å². The normalized spacial score (nSPS) is 15.3. The number of amides is 2. The van der Waals surface area contributed by atoms with E-state index in [1.165, 1.54) is 31.1 Å². The van der Waals surface area contributed by atoms with Crippen molar-refractivity contribution in [2.45, 2.75) is 57.7 Å². The average molecular weight is 553 g/mol. The first-order valence-corrected chi connectivity index (χ1v) is 14.1. The fourth-order valence-electron chi connectivity index (χ4n) is 4.26. The molecule has 0 bridgehead atoms. The molecule has 0 saturated heterocycles. The van der Waals surface area contributed by atoms with Gasteiger partial charge in [-0.2, -0.15) is 12.7 Å². The molecule has 0 unspecified atom stereocenters. The summed E-state index contributed by atoms with van der Waals surface area (Å²) in [4.78, 5) is 28.2. The van der Waals surface area contributed by atoms with Crippen molar-refractivity contribution < 1.29 is 22.4 Å². The molecule has 2 amide bonds. The van der Waals surface area contributed by atoms with E-state index >= 15 is 0 Å². The second kappa shape index (κ2) is 12.7. The summed E-state index contributed by atoms with van der Waals surface area (Å²) in [5.41, 5.74) is 0.869. The van der Waals surface area contributed by atoms with Crippen molar-refractivity contribution in [3.8, 4) is 0 Å². The van der Waals surface area contributed by atoms with Crippen LogP contribution in [0, 0.1) is 5.82 Å². The van der Waals surface area contributed by atoms with Gasteiger partial charge in [0.2, 0.25) is 11.8 Å². The van der Waals surface area contributed by atoms with E-state index in [2.05, 4.69) is 5.32 Å². The smallest absolute Gasteiger partial charge is 0.304 e. The quantitative estimate of drug-likeness (QED) is 0.483. The Bertz CT molecular complexity index is 1170. The minimum atomic E-state index is -4.10. The molecule has 0 aliphatic heterocycles. The summed E-state index contributed by atoms with van der Waals surface area (Å²) >= 11 is 6.01. The Labute approximate surface area is 223 Å². The number of carbonyl (C=O) groups is 2. The number of benzene rings is 2. The van der Waals surface area contributed by atoms with Crippen molar-refractivity contribution in [2.24, 2.45) is 0 Å². The van der Waals surface area contributed by atoms with Crippen LogP contribution in [0.3, 0.4) is 0 Å². The fraction of sp³-hybridized carbons (Fsp3) is 0.462. The van der Waals surface area contributed by atoms with Crippen LogP contribution in [0.25, 0.3) is 0 Å². The summed E-state index contributed by atoms with van der Waals surface area (Å²) in [7, 11) is -1.40. The van der Waals surface area contributed by atoms with Crippen molar-refractivity contribution in [1.29, 1.82) is 0 Å². The molecule has 0 aromatic heterocycles. The Morgan fingerprint density at radius 3 is 2.19 bits per heavy atom. The molecule has 11 heteroatoms. The molecule has 0 heterocycles. The van der Waals surface area contributed by atoms with Crippen molar-refractivity contribution in [1.82, 2.24) is 14.5 Å². The number of hydrogen-bond donors (Lipinski definition) is 1. The Morgan fingerprint density at radius 2 is 1.62 bits per heavy atom. The topological polar surface area (TPSA) is 90.0 Å². The molecule has 0 spiro atoms. The average Bonchev–Trinajstić information content (AvgIpc) is 2.87. The Hall–Kier alpha value is -2.69. The van der Waals surface area contributed by atoms with Gasteiger partial charge < -0.3 is 10.2 Å². The van der Waals surface area contributed by atoms with Crippen LogP contribution in [0.4, 0.5) is 10.1 Å². The van der Waals surface area contributed by atoms with Gasteiger partial charge in [0.25, 0.3) is 0 Å². The number of halogens is 2. The van der Waals surface area contributed by atoms with Gasteiger partial charge in [0.1, 0.15) is 18.4 Å². The van der Waals surface area contributed by atoms with Crippen molar-refractivity contribution in [2.75, 3.05) is 24.9 Å². The zero-order valence-corrected chi connectivity index (χ0v) is 22.9. The van der Waals surface area contributed by atoms with E-state index in [1.54, 1.807) is 31.2 Å². The van der Waals surface area contributed by atoms with Gasteiger partial charge in [0.15, 0.2) is 0 Å². The molecule has 1 saturated carbocycles. The highest BCUT2D eigenvalue weighted by Gasteiger charge is 2.33. The second-order valence-corrected chi connectivity index (χ2v) is 11.9. The molecule has 1 N–H and O–H groups in total. The lowest BCUT2D eigenvalue weighted by Crippen LogP contribution is -2.53. The highest BCUT2D eigenvalue weighted by atomic mass is 35.5. The Balaban J connectivity index is 1.90. The van der Waals surface area contributed by atoms with E-state index in [0.717, 1.165) is 58.4 Å². The minimum Gasteiger partial charge on any atom is -0.352 e. The number of hydrogen-bond acceptors (Lipinski definition) is 4. The molecule has 3 rings (SSSR count). The largest absolute Gasteiger partial charge is 0.352 e. The molecule has 202 valence electrons. The maximum atomic E-state index is 13.7. The summed E-state index contributed by atoms with van der Waals surface area (Å²) < 4.78 is 41.7. The van der Waals surface area contributed by atoms with Gasteiger partial charge in [-0.1, -0.05) is 43.0 Å². The lowest BCUT2D eigenvalue weighted by Gasteiger charge is -2.34. The van der Waals surface area contributed by atoms with Crippen molar-refractivity contribution in [3.63, 3.8) is 0 Å². The molecule has 37 heavy (non-hydrogen) atoms. The van der Waals surface area contributed by atoms with E-state index in [4.69, 9.17) is 11.6 Å². The molecule has 1 fully saturated rings. The highest BCUT2D eigenvalue weighted by Crippen LogP contribution is 2.22. The zero-order valence-electron chi connectivity index (χ0n) is 21.4. The van der Waals surface area contributed by atoms with Gasteiger partial charge in [0, 0.05) is 31.7 Å². The molecule has 1 aliphatic rings. The second-order valence-electron chi connectivity index (χ2n) is 9.44. The van der Waals surface area contributed by atoms with Crippen LogP contribution in [-0.4, -0.2) is 62.2 Å². The number of anilines is 1. The summed E-state index contributed by atoms with van der Waals surface area (Å²) in [6, 6.07) is 10.9. The summed E-state index contributed by atoms with van der Waals surface area (Å²) in [5.74, 6) is -1.40. The lowest BCUT2D eigenvalue weighted by atomic mass is 9.95. The SMILES string of the molecule is C[C@@H](C(=O)NC1CCCCC1)N(Cc1ccc(Cl)cc1)C(=O)CN(c1ccc(F)cc1)S(=O)(=O)N(C)C. The van der Waals surface area contributed by atoms with Gasteiger partial charge in [0.05, 0.1) is 5.69 Å². The van der Waals surface area contributed by atoms with E-state index in [1.807, 2.05) is 0 Å². The van der Waals surface area contributed by atoms with Gasteiger partial charge in [-0.3, -0.25) is 9.59 Å². The predicted octanol–water partition coefficient (Wildman–Crippen LogP) is 3.96. The van der Waals surface area contributed by atoms with Crippen LogP contribution >= 0.6 is 11.6 Å². The predicted molar refractivity (Wildman–Crippen MR) is 143 cm³/mol. The lowest BCUT2D eigenvalue weighted by molar-refractivity contribution is -0.139. The number of carbonyl (C=O) groups excluding carboxylic acids is 2. The van der Waals surface area contributed by atoms with Crippen LogP contribution < -0.4 is 9.62 Å². The van der Waals surface area contributed by atoms with Crippen LogP contribution in [0.2, 0.25) is 5.02 Å². The number of rotatable bonds is 10. The minimum absolute atomic E-state index is 0.0565. The summed E-state index contributed by atoms with van der Waals surface area (Å²) in [6.07, 6.45) is 5.01. The van der Waals surface area contributed by atoms with Gasteiger partial charge in [-0.25, -0.2) is 8.70 Å². The molecule has 8 nitrogen and oxygen atoms in total. The first-order valence-electron chi connectivity index (χ1n) is 12.3. The van der Waals surface area contributed by atoms with Gasteiger partial charge in [-0.05, 0) is 61.7 Å². The molecule has 1 aliphatic carbocycles. The Morgan fingerprint density at radius 1 is 1.03 bits per heavy atom. The first kappa shape index (κ1) is 28.9. The number of nitrogens with one attached hydrogen (secondary N) is 1. The fourth-order valence-corrected chi connectivity index (χ4v) is 5.44. The van der Waals surface area contributed by atoms with E-state index in [0.29, 0.717) is 5.02 Å². The third-order valence-corrected chi connectivity index (χ3v) is 8.59. The van der Waals surface area contributed by atoms with Gasteiger partial charge in [-0.15, -0.1) is 0 Å². The molecule has 2 aromatic carbocycles. The maximum Gasteiger partial charge on any atom is 0.304 e. The highest BCUT2D eigenvalue weighted by molar-refractivity contribution is 7.90. The van der Waals surface area contributed by atoms with Crippen molar-refractivity contribution >= 4 is 39.3 Å². The van der Waals surface area contributed by atoms with Crippen LogP contribution in [0.5, 0.6) is 0 Å². The standard InChI is InChI=1S/C26H34ClFN4O4S/c1-19(26(34)29-23-7-5-4-6-8-23)31(17-20-9-11-21(27)12-10-20)25(33)18-32(37(35,36)30(2)3)24-15-13-22(28)14-16-24/h9-16,19,23H,4-8,17-18H2,1-3H3,(H,29,34)/t19-/m0/s1. The third-order valence-electron chi connectivity index (χ3n) is 6.52. The molecular formula is C26H34ClFN4O4S. The summed E-state index contributed by atoms with van der Waals surface area (Å²) in [6.45, 7) is 1.14. The third kappa shape index (κ3) is 7.66. The maximum absolute atomic E-state index is 13.7. The van der Waals surface area contributed by atoms with Crippen LogP contribution in [0.1, 0.15) is 44.6 Å². The van der Waals surface area contributed by atoms with Crippen LogP contribution in [-0.2, 0) is 26.3 Å². The van der Waals surface area contributed by atoms with E-state index in [-0.39, 0.29) is 24.2 Å². The van der Waals surface area contributed by atoms with E-state index < -0.39 is 34.5 Å². The zero-order chi connectivity index (χ0) is 27.2. The first-order chi connectivity index (χ1) is 17.5. The van der Waals surface area contributed by atoms with Crippen LogP contribution in [0.15, 0.2) is 48.5 Å². The molecule has 0 radical (unpaired) electrons.